The second kappa shape index (κ2) is 7.03. The zero-order valence-electron chi connectivity index (χ0n) is 15.3. The Labute approximate surface area is 173 Å². The number of rotatable bonds is 3. The van der Waals surface area contributed by atoms with E-state index in [9.17, 15) is 9.59 Å². The molecule has 2 fully saturated rings. The summed E-state index contributed by atoms with van der Waals surface area (Å²) in [6.45, 7) is 0. The van der Waals surface area contributed by atoms with Crippen molar-refractivity contribution in [2.24, 2.45) is 5.92 Å². The third-order valence-electron chi connectivity index (χ3n) is 5.36. The van der Waals surface area contributed by atoms with Crippen LogP contribution in [-0.4, -0.2) is 17.9 Å². The maximum absolute atomic E-state index is 13.5. The zero-order chi connectivity index (χ0) is 20.0. The Morgan fingerprint density at radius 1 is 0.759 bits per heavy atom. The maximum Gasteiger partial charge on any atom is 0.266 e. The Hall–Kier alpha value is -3.15. The predicted molar refractivity (Wildman–Crippen MR) is 110 cm³/mol. The first kappa shape index (κ1) is 17.9. The molecule has 0 unspecified atom stereocenters. The Balaban J connectivity index is 1.60. The Bertz CT molecular complexity index is 1070. The Morgan fingerprint density at radius 2 is 1.38 bits per heavy atom. The van der Waals surface area contributed by atoms with Crippen LogP contribution in [0.4, 0.5) is 11.4 Å². The molecule has 144 valence electrons. The van der Waals surface area contributed by atoms with Gasteiger partial charge in [0.15, 0.2) is 6.10 Å². The molecule has 0 saturated carbocycles. The molecule has 0 N–H and O–H groups in total. The monoisotopic (exact) mass is 404 g/mol. The van der Waals surface area contributed by atoms with Crippen molar-refractivity contribution < 1.29 is 14.4 Å². The number of benzene rings is 3. The second-order valence-electron chi connectivity index (χ2n) is 7.03. The summed E-state index contributed by atoms with van der Waals surface area (Å²) in [6.07, 6.45) is -0.899. The van der Waals surface area contributed by atoms with Crippen LogP contribution in [0.2, 0.25) is 5.02 Å². The third-order valence-corrected chi connectivity index (χ3v) is 5.68. The molecule has 2 amide bonds. The van der Waals surface area contributed by atoms with Gasteiger partial charge < -0.3 is 0 Å². The third kappa shape index (κ3) is 2.82. The molecular weight excluding hydrogens is 388 g/mol. The van der Waals surface area contributed by atoms with Gasteiger partial charge in [-0.25, -0.2) is 9.96 Å². The van der Waals surface area contributed by atoms with Gasteiger partial charge in [-0.3, -0.25) is 14.4 Å². The molecule has 0 aliphatic carbocycles. The van der Waals surface area contributed by atoms with E-state index in [0.29, 0.717) is 10.7 Å². The lowest BCUT2D eigenvalue weighted by molar-refractivity contribution is -0.126. The van der Waals surface area contributed by atoms with Crippen LogP contribution in [0.5, 0.6) is 0 Å². The van der Waals surface area contributed by atoms with Gasteiger partial charge in [0.1, 0.15) is 5.92 Å². The summed E-state index contributed by atoms with van der Waals surface area (Å²) in [5, 5.41) is 2.04. The highest BCUT2D eigenvalue weighted by molar-refractivity contribution is 6.36. The lowest BCUT2D eigenvalue weighted by Crippen LogP contribution is -2.37. The molecule has 6 heteroatoms. The van der Waals surface area contributed by atoms with E-state index >= 15 is 0 Å². The van der Waals surface area contributed by atoms with Crippen molar-refractivity contribution in [3.63, 3.8) is 0 Å². The molecule has 0 spiro atoms. The molecule has 29 heavy (non-hydrogen) atoms. The van der Waals surface area contributed by atoms with E-state index in [4.69, 9.17) is 16.4 Å². The summed E-state index contributed by atoms with van der Waals surface area (Å²) >= 11 is 6.27. The Kier molecular flexibility index (Phi) is 4.34. The van der Waals surface area contributed by atoms with Crippen molar-refractivity contribution in [2.45, 2.75) is 12.1 Å². The number of carbonyl (C=O) groups is 2. The lowest BCUT2D eigenvalue weighted by Gasteiger charge is -2.28. The van der Waals surface area contributed by atoms with E-state index in [-0.39, 0.29) is 5.91 Å². The van der Waals surface area contributed by atoms with Gasteiger partial charge in [0, 0.05) is 0 Å². The number of anilines is 2. The molecule has 5 nitrogen and oxygen atoms in total. The van der Waals surface area contributed by atoms with Crippen LogP contribution in [-0.2, 0) is 14.4 Å². The zero-order valence-corrected chi connectivity index (χ0v) is 16.1. The first-order valence-electron chi connectivity index (χ1n) is 9.35. The van der Waals surface area contributed by atoms with E-state index in [2.05, 4.69) is 0 Å². The van der Waals surface area contributed by atoms with Gasteiger partial charge in [0.2, 0.25) is 5.91 Å². The first-order valence-corrected chi connectivity index (χ1v) is 9.73. The fourth-order valence-electron chi connectivity index (χ4n) is 4.07. The number of para-hydroxylation sites is 2. The maximum atomic E-state index is 13.5. The van der Waals surface area contributed by atoms with E-state index in [1.165, 1.54) is 0 Å². The van der Waals surface area contributed by atoms with Gasteiger partial charge in [0.05, 0.1) is 22.4 Å². The average molecular weight is 405 g/mol. The van der Waals surface area contributed by atoms with Gasteiger partial charge in [-0.05, 0) is 29.8 Å². The smallest absolute Gasteiger partial charge is 0.266 e. The number of hydroxylamine groups is 1. The summed E-state index contributed by atoms with van der Waals surface area (Å²) in [6, 6.07) is 25.6. The molecule has 3 aromatic rings. The summed E-state index contributed by atoms with van der Waals surface area (Å²) in [5.74, 6) is -1.37. The Morgan fingerprint density at radius 3 is 2.07 bits per heavy atom. The molecule has 0 aromatic heterocycles. The van der Waals surface area contributed by atoms with Crippen LogP contribution in [0.1, 0.15) is 11.6 Å². The van der Waals surface area contributed by atoms with Crippen molar-refractivity contribution in [3.8, 4) is 0 Å². The van der Waals surface area contributed by atoms with Crippen molar-refractivity contribution in [1.82, 2.24) is 0 Å². The van der Waals surface area contributed by atoms with E-state index in [0.717, 1.165) is 16.2 Å². The SMILES string of the molecule is O=C1[C@H]2[C@H](ON(c3ccccc3)[C@@H]2c2ccccc2)C(=O)N1c1ccccc1Cl. The van der Waals surface area contributed by atoms with Crippen LogP contribution in [0, 0.1) is 5.92 Å². The number of carbonyl (C=O) groups excluding carboxylic acids is 2. The van der Waals surface area contributed by atoms with Crippen molar-refractivity contribution >= 4 is 34.8 Å². The van der Waals surface area contributed by atoms with Crippen molar-refractivity contribution in [1.29, 1.82) is 0 Å². The molecule has 2 heterocycles. The van der Waals surface area contributed by atoms with Gasteiger partial charge in [-0.1, -0.05) is 72.3 Å². The van der Waals surface area contributed by atoms with Crippen LogP contribution in [0.3, 0.4) is 0 Å². The van der Waals surface area contributed by atoms with E-state index in [1.54, 1.807) is 29.3 Å². The highest BCUT2D eigenvalue weighted by Gasteiger charge is 2.60. The minimum atomic E-state index is -0.899. The molecular formula is C23H17ClN2O3. The van der Waals surface area contributed by atoms with Gasteiger partial charge in [0.25, 0.3) is 5.91 Å². The number of nitrogens with zero attached hydrogens (tertiary/aromatic N) is 2. The highest BCUT2D eigenvalue weighted by Crippen LogP contribution is 2.48. The minimum absolute atomic E-state index is 0.305. The normalized spacial score (nSPS) is 23.6. The number of imide groups is 1. The fourth-order valence-corrected chi connectivity index (χ4v) is 4.29. The average Bonchev–Trinajstić information content (AvgIpc) is 3.26. The summed E-state index contributed by atoms with van der Waals surface area (Å²) in [7, 11) is 0. The minimum Gasteiger partial charge on any atom is -0.273 e. The van der Waals surface area contributed by atoms with Crippen LogP contribution >= 0.6 is 11.6 Å². The predicted octanol–water partition coefficient (Wildman–Crippen LogP) is 4.39. The molecule has 3 atom stereocenters. The number of halogens is 1. The summed E-state index contributed by atoms with van der Waals surface area (Å²) < 4.78 is 0. The fraction of sp³-hybridized carbons (Fsp3) is 0.130. The standard InChI is InChI=1S/C23H17ClN2O3/c24-17-13-7-8-14-18(17)25-22(27)19-20(15-9-3-1-4-10-15)26(29-21(19)23(25)28)16-11-5-2-6-12-16/h1-14,19-21H/t19-,20-,21+/m1/s1. The molecule has 0 bridgehead atoms. The molecule has 3 aromatic carbocycles. The number of hydrogen-bond donors (Lipinski definition) is 0. The number of fused-ring (bicyclic) bond motifs is 1. The van der Waals surface area contributed by atoms with Crippen LogP contribution < -0.4 is 9.96 Å². The van der Waals surface area contributed by atoms with Gasteiger partial charge in [-0.15, -0.1) is 0 Å². The van der Waals surface area contributed by atoms with E-state index < -0.39 is 24.0 Å². The van der Waals surface area contributed by atoms with Crippen LogP contribution in [0.25, 0.3) is 0 Å². The second-order valence-corrected chi connectivity index (χ2v) is 7.44. The number of hydrogen-bond acceptors (Lipinski definition) is 4. The topological polar surface area (TPSA) is 49.9 Å². The van der Waals surface area contributed by atoms with Crippen molar-refractivity contribution in [3.05, 3.63) is 95.5 Å². The molecule has 2 aliphatic rings. The quantitative estimate of drug-likeness (QED) is 0.607. The largest absolute Gasteiger partial charge is 0.273 e. The van der Waals surface area contributed by atoms with Gasteiger partial charge >= 0.3 is 0 Å². The summed E-state index contributed by atoms with van der Waals surface area (Å²) in [4.78, 5) is 33.9. The summed E-state index contributed by atoms with van der Waals surface area (Å²) in [5.41, 5.74) is 2.09. The molecule has 0 radical (unpaired) electrons. The van der Waals surface area contributed by atoms with Crippen LogP contribution in [0.15, 0.2) is 84.9 Å². The van der Waals surface area contributed by atoms with Gasteiger partial charge in [-0.2, -0.15) is 0 Å². The van der Waals surface area contributed by atoms with E-state index in [1.807, 2.05) is 60.7 Å². The first-order chi connectivity index (χ1) is 14.2. The lowest BCUT2D eigenvalue weighted by atomic mass is 9.90. The molecule has 2 aliphatic heterocycles. The molecule has 5 rings (SSSR count). The molecule has 2 saturated heterocycles. The van der Waals surface area contributed by atoms with Crippen molar-refractivity contribution in [2.75, 3.05) is 9.96 Å². The highest BCUT2D eigenvalue weighted by atomic mass is 35.5. The number of amides is 2.